The minimum absolute atomic E-state index is 0.0995. The molecule has 1 saturated heterocycles. The number of nitrogens with one attached hydrogen (secondary N) is 1. The van der Waals surface area contributed by atoms with E-state index < -0.39 is 24.5 Å². The SMILES string of the molecule is Cc1cccc(C)c1NC(=O)CN1CCN(C(=O)COC(=O)C2CC(c3cccc(F)c3)=NO2)CC1. The van der Waals surface area contributed by atoms with E-state index in [4.69, 9.17) is 9.57 Å². The van der Waals surface area contributed by atoms with E-state index in [0.717, 1.165) is 16.8 Å². The molecule has 0 radical (unpaired) electrons. The van der Waals surface area contributed by atoms with Gasteiger partial charge in [0.1, 0.15) is 5.82 Å². The molecule has 2 amide bonds. The highest BCUT2D eigenvalue weighted by Crippen LogP contribution is 2.20. The summed E-state index contributed by atoms with van der Waals surface area (Å²) in [6.45, 7) is 5.68. The summed E-state index contributed by atoms with van der Waals surface area (Å²) >= 11 is 0. The normalized spacial score (nSPS) is 17.8. The van der Waals surface area contributed by atoms with Crippen LogP contribution < -0.4 is 5.32 Å². The van der Waals surface area contributed by atoms with Gasteiger partial charge in [-0.25, -0.2) is 9.18 Å². The number of halogens is 1. The minimum Gasteiger partial charge on any atom is -0.453 e. The van der Waals surface area contributed by atoms with Gasteiger partial charge in [0.2, 0.25) is 12.0 Å². The average molecular weight is 497 g/mol. The van der Waals surface area contributed by atoms with Crippen LogP contribution in [0, 0.1) is 19.7 Å². The van der Waals surface area contributed by atoms with Crippen molar-refractivity contribution in [3.8, 4) is 0 Å². The van der Waals surface area contributed by atoms with Crippen LogP contribution in [0.2, 0.25) is 0 Å². The van der Waals surface area contributed by atoms with Crippen molar-refractivity contribution in [1.29, 1.82) is 0 Å². The van der Waals surface area contributed by atoms with Crippen molar-refractivity contribution >= 4 is 29.2 Å². The zero-order chi connectivity index (χ0) is 25.7. The van der Waals surface area contributed by atoms with Gasteiger partial charge in [0.05, 0.1) is 12.3 Å². The molecule has 36 heavy (non-hydrogen) atoms. The number of benzene rings is 2. The van der Waals surface area contributed by atoms with Crippen LogP contribution in [0.15, 0.2) is 47.6 Å². The number of hydrogen-bond acceptors (Lipinski definition) is 7. The number of carbonyl (C=O) groups is 3. The van der Waals surface area contributed by atoms with Gasteiger partial charge < -0.3 is 19.8 Å². The van der Waals surface area contributed by atoms with Gasteiger partial charge in [0.25, 0.3) is 5.91 Å². The molecule has 2 heterocycles. The van der Waals surface area contributed by atoms with E-state index in [9.17, 15) is 18.8 Å². The molecule has 9 nitrogen and oxygen atoms in total. The number of aryl methyl sites for hydroxylation is 2. The van der Waals surface area contributed by atoms with Crippen molar-refractivity contribution in [2.75, 3.05) is 44.6 Å². The Morgan fingerprint density at radius 2 is 1.78 bits per heavy atom. The molecule has 0 spiro atoms. The molecule has 2 aromatic rings. The van der Waals surface area contributed by atoms with E-state index in [-0.39, 0.29) is 24.8 Å². The maximum Gasteiger partial charge on any atom is 0.351 e. The van der Waals surface area contributed by atoms with Gasteiger partial charge in [0, 0.05) is 43.9 Å². The lowest BCUT2D eigenvalue weighted by Gasteiger charge is -2.34. The molecule has 10 heteroatoms. The minimum atomic E-state index is -0.969. The van der Waals surface area contributed by atoms with Crippen LogP contribution in [0.5, 0.6) is 0 Å². The first-order valence-electron chi connectivity index (χ1n) is 11.8. The average Bonchev–Trinajstić information content (AvgIpc) is 3.36. The molecule has 1 atom stereocenters. The van der Waals surface area contributed by atoms with E-state index in [2.05, 4.69) is 10.5 Å². The number of piperazine rings is 1. The van der Waals surface area contributed by atoms with Gasteiger partial charge in [-0.2, -0.15) is 0 Å². The largest absolute Gasteiger partial charge is 0.453 e. The zero-order valence-electron chi connectivity index (χ0n) is 20.3. The molecule has 1 unspecified atom stereocenters. The summed E-state index contributed by atoms with van der Waals surface area (Å²) in [5.41, 5.74) is 3.82. The Bertz CT molecular complexity index is 1160. The summed E-state index contributed by atoms with van der Waals surface area (Å²) in [6, 6.07) is 11.7. The number of esters is 1. The number of carbonyl (C=O) groups excluding carboxylic acids is 3. The number of rotatable bonds is 7. The molecule has 1 fully saturated rings. The summed E-state index contributed by atoms with van der Waals surface area (Å²) in [6.07, 6.45) is -0.831. The Hall–Kier alpha value is -3.79. The Labute approximate surface area is 208 Å². The summed E-state index contributed by atoms with van der Waals surface area (Å²) in [5, 5.41) is 6.83. The Morgan fingerprint density at radius 3 is 2.47 bits per heavy atom. The molecule has 2 aromatic carbocycles. The molecule has 0 bridgehead atoms. The molecular weight excluding hydrogens is 467 g/mol. The fourth-order valence-corrected chi connectivity index (χ4v) is 4.21. The molecule has 2 aliphatic heterocycles. The monoisotopic (exact) mass is 496 g/mol. The summed E-state index contributed by atoms with van der Waals surface area (Å²) < 4.78 is 18.6. The van der Waals surface area contributed by atoms with Gasteiger partial charge in [-0.15, -0.1) is 0 Å². The van der Waals surface area contributed by atoms with Crippen molar-refractivity contribution in [3.05, 3.63) is 65.0 Å². The van der Waals surface area contributed by atoms with Crippen molar-refractivity contribution < 1.29 is 28.3 Å². The number of hydrogen-bond donors (Lipinski definition) is 1. The van der Waals surface area contributed by atoms with Crippen LogP contribution >= 0.6 is 0 Å². The third-order valence-electron chi connectivity index (χ3n) is 6.27. The molecule has 0 aromatic heterocycles. The molecule has 0 saturated carbocycles. The summed E-state index contributed by atoms with van der Waals surface area (Å²) in [7, 11) is 0. The highest BCUT2D eigenvalue weighted by molar-refractivity contribution is 6.03. The summed E-state index contributed by atoms with van der Waals surface area (Å²) in [4.78, 5) is 46.1. The van der Waals surface area contributed by atoms with Gasteiger partial charge in [-0.3, -0.25) is 14.5 Å². The number of oxime groups is 1. The number of anilines is 1. The predicted octanol–water partition coefficient (Wildman–Crippen LogP) is 2.26. The number of ether oxygens (including phenoxy) is 1. The van der Waals surface area contributed by atoms with Crippen molar-refractivity contribution in [1.82, 2.24) is 9.80 Å². The first-order valence-corrected chi connectivity index (χ1v) is 11.8. The molecular formula is C26H29FN4O5. The number of para-hydroxylation sites is 1. The van der Waals surface area contributed by atoms with Crippen molar-refractivity contribution in [2.24, 2.45) is 5.16 Å². The third-order valence-corrected chi connectivity index (χ3v) is 6.27. The van der Waals surface area contributed by atoms with Crippen LogP contribution in [0.25, 0.3) is 0 Å². The molecule has 1 N–H and O–H groups in total. The standard InChI is InChI=1S/C26H29FN4O5/c1-17-5-3-6-18(2)25(17)28-23(32)15-30-9-11-31(12-10-30)24(33)16-35-26(34)22-14-21(29-36-22)19-7-4-8-20(27)13-19/h3-8,13,22H,9-12,14-16H2,1-2H3,(H,28,32). The molecule has 2 aliphatic rings. The van der Waals surface area contributed by atoms with E-state index in [1.807, 2.05) is 36.9 Å². The Kier molecular flexibility index (Phi) is 7.94. The smallest absolute Gasteiger partial charge is 0.351 e. The maximum absolute atomic E-state index is 13.4. The van der Waals surface area contributed by atoms with Gasteiger partial charge in [0.15, 0.2) is 6.61 Å². The fraction of sp³-hybridized carbons (Fsp3) is 0.385. The molecule has 190 valence electrons. The lowest BCUT2D eigenvalue weighted by molar-refractivity contribution is -0.161. The lowest BCUT2D eigenvalue weighted by Crippen LogP contribution is -2.51. The van der Waals surface area contributed by atoms with Crippen LogP contribution in [-0.2, 0) is 24.0 Å². The lowest BCUT2D eigenvalue weighted by atomic mass is 10.1. The van der Waals surface area contributed by atoms with E-state index >= 15 is 0 Å². The van der Waals surface area contributed by atoms with E-state index in [1.54, 1.807) is 17.0 Å². The number of nitrogens with zero attached hydrogens (tertiary/aromatic N) is 3. The predicted molar refractivity (Wildman–Crippen MR) is 131 cm³/mol. The maximum atomic E-state index is 13.4. The quantitative estimate of drug-likeness (QED) is 0.591. The fourth-order valence-electron chi connectivity index (χ4n) is 4.21. The first-order chi connectivity index (χ1) is 17.3. The van der Waals surface area contributed by atoms with Crippen molar-refractivity contribution in [2.45, 2.75) is 26.4 Å². The third kappa shape index (κ3) is 6.25. The van der Waals surface area contributed by atoms with Gasteiger partial charge >= 0.3 is 5.97 Å². The zero-order valence-corrected chi connectivity index (χ0v) is 20.3. The molecule has 0 aliphatic carbocycles. The second-order valence-corrected chi connectivity index (χ2v) is 8.93. The van der Waals surface area contributed by atoms with Crippen LogP contribution in [-0.4, -0.2) is 78.7 Å². The van der Waals surface area contributed by atoms with Crippen LogP contribution in [0.1, 0.15) is 23.1 Å². The highest BCUT2D eigenvalue weighted by Gasteiger charge is 2.31. The summed E-state index contributed by atoms with van der Waals surface area (Å²) in [5.74, 6) is -1.51. The van der Waals surface area contributed by atoms with Crippen molar-refractivity contribution in [3.63, 3.8) is 0 Å². The second kappa shape index (κ2) is 11.3. The Morgan fingerprint density at radius 1 is 1.08 bits per heavy atom. The molecule has 4 rings (SSSR count). The van der Waals surface area contributed by atoms with E-state index in [0.29, 0.717) is 37.5 Å². The van der Waals surface area contributed by atoms with Crippen LogP contribution in [0.3, 0.4) is 0 Å². The van der Waals surface area contributed by atoms with E-state index in [1.165, 1.54) is 12.1 Å². The first kappa shape index (κ1) is 25.3. The number of amides is 2. The highest BCUT2D eigenvalue weighted by atomic mass is 19.1. The second-order valence-electron chi connectivity index (χ2n) is 8.93. The van der Waals surface area contributed by atoms with Gasteiger partial charge in [-0.1, -0.05) is 35.5 Å². The van der Waals surface area contributed by atoms with Gasteiger partial charge in [-0.05, 0) is 37.1 Å². The topological polar surface area (TPSA) is 101 Å². The van der Waals surface area contributed by atoms with Crippen LogP contribution in [0.4, 0.5) is 10.1 Å². The Balaban J connectivity index is 1.17.